The number of pyridine rings is 1. The lowest BCUT2D eigenvalue weighted by molar-refractivity contribution is 0.525. The highest BCUT2D eigenvalue weighted by Gasteiger charge is 2.20. The topological polar surface area (TPSA) is 37.0 Å². The number of aromatic nitrogens is 1. The Bertz CT molecular complexity index is 563. The van der Waals surface area contributed by atoms with Crippen LogP contribution < -0.4 is 10.6 Å². The first-order valence-corrected chi connectivity index (χ1v) is 6.62. The van der Waals surface area contributed by atoms with E-state index in [4.69, 9.17) is 0 Å². The van der Waals surface area contributed by atoms with Crippen LogP contribution in [0.1, 0.15) is 20.3 Å². The molecule has 1 aliphatic rings. The van der Waals surface area contributed by atoms with E-state index in [1.165, 1.54) is 17.5 Å². The molecule has 3 nitrogen and oxygen atoms in total. The largest absolute Gasteiger partial charge is 0.380 e. The van der Waals surface area contributed by atoms with Crippen LogP contribution >= 0.6 is 0 Å². The van der Waals surface area contributed by atoms with Crippen molar-refractivity contribution in [1.29, 1.82) is 0 Å². The van der Waals surface area contributed by atoms with Gasteiger partial charge >= 0.3 is 0 Å². The number of benzene rings is 1. The summed E-state index contributed by atoms with van der Waals surface area (Å²) in [4.78, 5) is 4.48. The lowest BCUT2D eigenvalue weighted by atomic mass is 10.0. The molecular formula is C15H19N3. The van der Waals surface area contributed by atoms with Crippen molar-refractivity contribution < 1.29 is 0 Å². The van der Waals surface area contributed by atoms with Crippen molar-refractivity contribution in [2.24, 2.45) is 5.92 Å². The van der Waals surface area contributed by atoms with Crippen LogP contribution in [-0.2, 0) is 0 Å². The normalized spacial score (nSPS) is 18.3. The molecule has 2 N–H and O–H groups in total. The Balaban J connectivity index is 1.99. The molecule has 0 spiro atoms. The first kappa shape index (κ1) is 11.3. The van der Waals surface area contributed by atoms with E-state index in [1.807, 2.05) is 12.3 Å². The Hall–Kier alpha value is -1.77. The number of para-hydroxylation sites is 1. The second kappa shape index (κ2) is 4.48. The molecule has 1 aromatic heterocycles. The molecule has 1 unspecified atom stereocenters. The molecule has 2 heterocycles. The minimum atomic E-state index is 0.503. The molecule has 1 atom stereocenters. The molecule has 0 radical (unpaired) electrons. The SMILES string of the molecule is CC(C)CC1CNc2cnc3ccccc3c2N1. The third-order valence-electron chi connectivity index (χ3n) is 3.42. The zero-order chi connectivity index (χ0) is 12.5. The Kier molecular flexibility index (Phi) is 2.82. The van der Waals surface area contributed by atoms with E-state index < -0.39 is 0 Å². The van der Waals surface area contributed by atoms with Gasteiger partial charge in [-0.15, -0.1) is 0 Å². The van der Waals surface area contributed by atoms with E-state index in [2.05, 4.69) is 47.7 Å². The van der Waals surface area contributed by atoms with Gasteiger partial charge in [0.15, 0.2) is 0 Å². The highest BCUT2D eigenvalue weighted by molar-refractivity contribution is 5.98. The van der Waals surface area contributed by atoms with Gasteiger partial charge in [0, 0.05) is 18.0 Å². The standard InChI is InChI=1S/C15H19N3/c1-10(2)7-11-8-16-14-9-17-13-6-4-3-5-12(13)15(14)18-11/h3-6,9-11,16,18H,7-8H2,1-2H3. The van der Waals surface area contributed by atoms with Gasteiger partial charge in [0.25, 0.3) is 0 Å². The summed E-state index contributed by atoms with van der Waals surface area (Å²) in [5.74, 6) is 0.707. The van der Waals surface area contributed by atoms with Crippen LogP contribution in [0.2, 0.25) is 0 Å². The Morgan fingerprint density at radius 1 is 1.33 bits per heavy atom. The smallest absolute Gasteiger partial charge is 0.0769 e. The van der Waals surface area contributed by atoms with Crippen molar-refractivity contribution in [3.05, 3.63) is 30.5 Å². The fourth-order valence-corrected chi connectivity index (χ4v) is 2.63. The summed E-state index contributed by atoms with van der Waals surface area (Å²) in [6, 6.07) is 8.79. The summed E-state index contributed by atoms with van der Waals surface area (Å²) in [6.07, 6.45) is 3.11. The van der Waals surface area contributed by atoms with Crippen LogP contribution in [0.5, 0.6) is 0 Å². The van der Waals surface area contributed by atoms with E-state index in [9.17, 15) is 0 Å². The van der Waals surface area contributed by atoms with E-state index in [-0.39, 0.29) is 0 Å². The number of nitrogens with zero attached hydrogens (tertiary/aromatic N) is 1. The number of nitrogens with one attached hydrogen (secondary N) is 2. The average Bonchev–Trinajstić information content (AvgIpc) is 2.38. The third kappa shape index (κ3) is 2.01. The van der Waals surface area contributed by atoms with E-state index in [0.717, 1.165) is 17.7 Å². The fourth-order valence-electron chi connectivity index (χ4n) is 2.63. The number of fused-ring (bicyclic) bond motifs is 3. The van der Waals surface area contributed by atoms with Gasteiger partial charge in [0.05, 0.1) is 23.1 Å². The first-order valence-electron chi connectivity index (χ1n) is 6.62. The molecule has 0 amide bonds. The molecule has 3 rings (SSSR count). The van der Waals surface area contributed by atoms with Crippen LogP contribution in [0.3, 0.4) is 0 Å². The van der Waals surface area contributed by atoms with E-state index in [1.54, 1.807) is 0 Å². The van der Waals surface area contributed by atoms with Gasteiger partial charge in [-0.1, -0.05) is 32.0 Å². The molecule has 0 fully saturated rings. The van der Waals surface area contributed by atoms with E-state index in [0.29, 0.717) is 12.0 Å². The van der Waals surface area contributed by atoms with Crippen LogP contribution in [0.4, 0.5) is 11.4 Å². The number of rotatable bonds is 2. The van der Waals surface area contributed by atoms with E-state index >= 15 is 0 Å². The van der Waals surface area contributed by atoms with Crippen molar-refractivity contribution in [3.63, 3.8) is 0 Å². The second-order valence-corrected chi connectivity index (χ2v) is 5.42. The minimum Gasteiger partial charge on any atom is -0.380 e. The molecule has 94 valence electrons. The van der Waals surface area contributed by atoms with Gasteiger partial charge in [-0.25, -0.2) is 0 Å². The third-order valence-corrected chi connectivity index (χ3v) is 3.42. The molecule has 0 saturated carbocycles. The van der Waals surface area contributed by atoms with Gasteiger partial charge in [-0.3, -0.25) is 4.98 Å². The summed E-state index contributed by atoms with van der Waals surface area (Å²) in [5.41, 5.74) is 3.38. The van der Waals surface area contributed by atoms with Crippen LogP contribution in [-0.4, -0.2) is 17.6 Å². The molecular weight excluding hydrogens is 222 g/mol. The summed E-state index contributed by atoms with van der Waals surface area (Å²) in [7, 11) is 0. The minimum absolute atomic E-state index is 0.503. The quantitative estimate of drug-likeness (QED) is 0.845. The lowest BCUT2D eigenvalue weighted by Crippen LogP contribution is -2.34. The first-order chi connectivity index (χ1) is 8.74. The Morgan fingerprint density at radius 2 is 2.17 bits per heavy atom. The highest BCUT2D eigenvalue weighted by Crippen LogP contribution is 2.33. The fraction of sp³-hybridized carbons (Fsp3) is 0.400. The molecule has 0 saturated heterocycles. The molecule has 0 bridgehead atoms. The molecule has 1 aromatic carbocycles. The molecule has 1 aliphatic heterocycles. The van der Waals surface area contributed by atoms with Gasteiger partial charge in [-0.2, -0.15) is 0 Å². The van der Waals surface area contributed by atoms with Crippen molar-refractivity contribution in [1.82, 2.24) is 4.98 Å². The van der Waals surface area contributed by atoms with Crippen molar-refractivity contribution >= 4 is 22.3 Å². The summed E-state index contributed by atoms with van der Waals surface area (Å²) in [6.45, 7) is 5.51. The Labute approximate surface area is 108 Å². The highest BCUT2D eigenvalue weighted by atomic mass is 15.1. The number of hydrogen-bond acceptors (Lipinski definition) is 3. The second-order valence-electron chi connectivity index (χ2n) is 5.42. The maximum absolute atomic E-state index is 4.48. The summed E-state index contributed by atoms with van der Waals surface area (Å²) < 4.78 is 0. The molecule has 3 heteroatoms. The lowest BCUT2D eigenvalue weighted by Gasteiger charge is -2.30. The van der Waals surface area contributed by atoms with Crippen molar-refractivity contribution in [3.8, 4) is 0 Å². The number of anilines is 2. The number of hydrogen-bond donors (Lipinski definition) is 2. The maximum atomic E-state index is 4.48. The Morgan fingerprint density at radius 3 is 3.00 bits per heavy atom. The van der Waals surface area contributed by atoms with Crippen molar-refractivity contribution in [2.75, 3.05) is 17.2 Å². The zero-order valence-corrected chi connectivity index (χ0v) is 10.9. The summed E-state index contributed by atoms with van der Waals surface area (Å²) in [5, 5.41) is 8.36. The predicted molar refractivity (Wildman–Crippen MR) is 77.1 cm³/mol. The summed E-state index contributed by atoms with van der Waals surface area (Å²) >= 11 is 0. The van der Waals surface area contributed by atoms with Crippen molar-refractivity contribution in [2.45, 2.75) is 26.3 Å². The van der Waals surface area contributed by atoms with Crippen LogP contribution in [0.15, 0.2) is 30.5 Å². The maximum Gasteiger partial charge on any atom is 0.0769 e. The molecule has 18 heavy (non-hydrogen) atoms. The monoisotopic (exact) mass is 241 g/mol. The van der Waals surface area contributed by atoms with Gasteiger partial charge in [0.2, 0.25) is 0 Å². The molecule has 0 aliphatic carbocycles. The van der Waals surface area contributed by atoms with Gasteiger partial charge in [-0.05, 0) is 18.4 Å². The van der Waals surface area contributed by atoms with Gasteiger partial charge in [0.1, 0.15) is 0 Å². The van der Waals surface area contributed by atoms with Crippen LogP contribution in [0.25, 0.3) is 10.9 Å². The molecule has 2 aromatic rings. The average molecular weight is 241 g/mol. The van der Waals surface area contributed by atoms with Crippen LogP contribution in [0, 0.1) is 5.92 Å². The van der Waals surface area contributed by atoms with Gasteiger partial charge < -0.3 is 10.6 Å². The zero-order valence-electron chi connectivity index (χ0n) is 10.9. The predicted octanol–water partition coefficient (Wildman–Crippen LogP) is 3.49.